The van der Waals surface area contributed by atoms with Crippen molar-refractivity contribution in [2.45, 2.75) is 39.3 Å². The van der Waals surface area contributed by atoms with E-state index in [1.165, 1.54) is 17.2 Å². The van der Waals surface area contributed by atoms with Gasteiger partial charge in [-0.2, -0.15) is 0 Å². The van der Waals surface area contributed by atoms with E-state index in [2.05, 4.69) is 50.4 Å². The molecule has 0 spiro atoms. The Balaban J connectivity index is 2.14. The molecule has 2 atom stereocenters. The highest BCUT2D eigenvalue weighted by molar-refractivity contribution is 5.26. The molecule has 0 fully saturated rings. The molecule has 1 nitrogen and oxygen atoms in total. The summed E-state index contributed by atoms with van der Waals surface area (Å²) in [5.74, 6) is -0.175. The van der Waals surface area contributed by atoms with E-state index in [0.29, 0.717) is 0 Å². The van der Waals surface area contributed by atoms with Crippen molar-refractivity contribution in [1.29, 1.82) is 0 Å². The molecule has 2 heteroatoms. The molecule has 0 heterocycles. The standard InChI is InChI=1S/C18H22FN/c1-4-18(16-9-6-10-17(19)12-16)20-14(3)15-8-5-7-13(2)11-15/h5-12,14,18,20H,4H2,1-3H3/t14-,18?/m0/s1. The summed E-state index contributed by atoms with van der Waals surface area (Å²) in [6, 6.07) is 15.7. The van der Waals surface area contributed by atoms with Gasteiger partial charge in [0.25, 0.3) is 0 Å². The van der Waals surface area contributed by atoms with Crippen molar-refractivity contribution >= 4 is 0 Å². The van der Waals surface area contributed by atoms with E-state index >= 15 is 0 Å². The van der Waals surface area contributed by atoms with Crippen molar-refractivity contribution in [2.24, 2.45) is 0 Å². The molecule has 0 amide bonds. The van der Waals surface area contributed by atoms with Crippen molar-refractivity contribution in [3.8, 4) is 0 Å². The highest BCUT2D eigenvalue weighted by atomic mass is 19.1. The lowest BCUT2D eigenvalue weighted by Crippen LogP contribution is -2.24. The van der Waals surface area contributed by atoms with Gasteiger partial charge in [0.15, 0.2) is 0 Å². The van der Waals surface area contributed by atoms with Crippen LogP contribution in [-0.4, -0.2) is 0 Å². The number of hydrogen-bond acceptors (Lipinski definition) is 1. The molecule has 2 aromatic rings. The molecule has 2 aromatic carbocycles. The van der Waals surface area contributed by atoms with Crippen molar-refractivity contribution < 1.29 is 4.39 Å². The Bertz CT molecular complexity index is 565. The molecule has 106 valence electrons. The second-order valence-corrected chi connectivity index (χ2v) is 5.32. The van der Waals surface area contributed by atoms with E-state index in [0.717, 1.165) is 12.0 Å². The summed E-state index contributed by atoms with van der Waals surface area (Å²) in [6.45, 7) is 6.36. The Labute approximate surface area is 120 Å². The smallest absolute Gasteiger partial charge is 0.123 e. The van der Waals surface area contributed by atoms with Gasteiger partial charge in [-0.1, -0.05) is 48.9 Å². The van der Waals surface area contributed by atoms with Gasteiger partial charge in [-0.05, 0) is 43.5 Å². The van der Waals surface area contributed by atoms with E-state index in [-0.39, 0.29) is 17.9 Å². The molecule has 0 saturated heterocycles. The second-order valence-electron chi connectivity index (χ2n) is 5.32. The molecule has 20 heavy (non-hydrogen) atoms. The van der Waals surface area contributed by atoms with Gasteiger partial charge in [0.1, 0.15) is 5.82 Å². The number of halogens is 1. The first-order valence-corrected chi connectivity index (χ1v) is 7.18. The largest absolute Gasteiger partial charge is 0.303 e. The number of hydrogen-bond donors (Lipinski definition) is 1. The van der Waals surface area contributed by atoms with E-state index < -0.39 is 0 Å². The minimum absolute atomic E-state index is 0.168. The molecule has 1 unspecified atom stereocenters. The van der Waals surface area contributed by atoms with Gasteiger partial charge in [0.05, 0.1) is 0 Å². The Morgan fingerprint density at radius 3 is 2.40 bits per heavy atom. The van der Waals surface area contributed by atoms with Crippen molar-refractivity contribution in [3.05, 3.63) is 71.0 Å². The molecule has 0 aliphatic heterocycles. The fraction of sp³-hybridized carbons (Fsp3) is 0.333. The summed E-state index contributed by atoms with van der Waals surface area (Å²) < 4.78 is 13.3. The van der Waals surface area contributed by atoms with Crippen LogP contribution in [0.5, 0.6) is 0 Å². The van der Waals surface area contributed by atoms with Gasteiger partial charge < -0.3 is 5.32 Å². The lowest BCUT2D eigenvalue weighted by Gasteiger charge is -2.23. The fourth-order valence-electron chi connectivity index (χ4n) is 2.51. The van der Waals surface area contributed by atoms with Gasteiger partial charge in [0, 0.05) is 12.1 Å². The first kappa shape index (κ1) is 14.7. The minimum Gasteiger partial charge on any atom is -0.303 e. The summed E-state index contributed by atoms with van der Waals surface area (Å²) in [7, 11) is 0. The Kier molecular flexibility index (Phi) is 4.91. The zero-order valence-electron chi connectivity index (χ0n) is 12.4. The third kappa shape index (κ3) is 3.67. The maximum absolute atomic E-state index is 13.3. The van der Waals surface area contributed by atoms with E-state index in [9.17, 15) is 4.39 Å². The molecular weight excluding hydrogens is 249 g/mol. The maximum atomic E-state index is 13.3. The van der Waals surface area contributed by atoms with Crippen LogP contribution in [0.4, 0.5) is 4.39 Å². The number of aryl methyl sites for hydroxylation is 1. The number of nitrogens with one attached hydrogen (secondary N) is 1. The normalized spacial score (nSPS) is 14.0. The Morgan fingerprint density at radius 1 is 1.05 bits per heavy atom. The van der Waals surface area contributed by atoms with Crippen molar-refractivity contribution in [1.82, 2.24) is 5.32 Å². The first-order chi connectivity index (χ1) is 9.60. The summed E-state index contributed by atoms with van der Waals surface area (Å²) in [6.07, 6.45) is 0.930. The fourth-order valence-corrected chi connectivity index (χ4v) is 2.51. The SMILES string of the molecule is CCC(N[C@@H](C)c1cccc(C)c1)c1cccc(F)c1. The lowest BCUT2D eigenvalue weighted by molar-refractivity contribution is 0.454. The number of benzene rings is 2. The molecular formula is C18H22FN. The molecule has 0 saturated carbocycles. The summed E-state index contributed by atoms with van der Waals surface area (Å²) in [4.78, 5) is 0. The van der Waals surface area contributed by atoms with E-state index in [1.807, 2.05) is 6.07 Å². The second kappa shape index (κ2) is 6.67. The highest BCUT2D eigenvalue weighted by Gasteiger charge is 2.14. The van der Waals surface area contributed by atoms with Gasteiger partial charge >= 0.3 is 0 Å². The molecule has 0 bridgehead atoms. The third-order valence-electron chi connectivity index (χ3n) is 3.65. The molecule has 1 N–H and O–H groups in total. The van der Waals surface area contributed by atoms with Crippen LogP contribution in [-0.2, 0) is 0 Å². The van der Waals surface area contributed by atoms with Crippen molar-refractivity contribution in [2.75, 3.05) is 0 Å². The van der Waals surface area contributed by atoms with E-state index in [1.54, 1.807) is 12.1 Å². The van der Waals surface area contributed by atoms with Crippen LogP contribution < -0.4 is 5.32 Å². The molecule has 0 aliphatic rings. The van der Waals surface area contributed by atoms with Crippen LogP contribution in [0.3, 0.4) is 0 Å². The number of rotatable bonds is 5. The average Bonchev–Trinajstić information content (AvgIpc) is 2.44. The predicted molar refractivity (Wildman–Crippen MR) is 82.2 cm³/mol. The van der Waals surface area contributed by atoms with Gasteiger partial charge in [0.2, 0.25) is 0 Å². The zero-order valence-corrected chi connectivity index (χ0v) is 12.4. The van der Waals surface area contributed by atoms with Crippen LogP contribution in [0.2, 0.25) is 0 Å². The highest BCUT2D eigenvalue weighted by Crippen LogP contribution is 2.23. The quantitative estimate of drug-likeness (QED) is 0.812. The summed E-state index contributed by atoms with van der Waals surface area (Å²) in [5, 5.41) is 3.59. The Hall–Kier alpha value is -1.67. The topological polar surface area (TPSA) is 12.0 Å². The molecule has 0 radical (unpaired) electrons. The summed E-state index contributed by atoms with van der Waals surface area (Å²) >= 11 is 0. The third-order valence-corrected chi connectivity index (χ3v) is 3.65. The minimum atomic E-state index is -0.175. The van der Waals surface area contributed by atoms with Gasteiger partial charge in [-0.15, -0.1) is 0 Å². The monoisotopic (exact) mass is 271 g/mol. The molecule has 0 aromatic heterocycles. The van der Waals surface area contributed by atoms with Gasteiger partial charge in [-0.25, -0.2) is 4.39 Å². The van der Waals surface area contributed by atoms with Crippen LogP contribution in [0.1, 0.15) is 49.0 Å². The van der Waals surface area contributed by atoms with Crippen LogP contribution in [0.25, 0.3) is 0 Å². The van der Waals surface area contributed by atoms with Gasteiger partial charge in [-0.3, -0.25) is 0 Å². The lowest BCUT2D eigenvalue weighted by atomic mass is 10.0. The Morgan fingerprint density at radius 2 is 1.75 bits per heavy atom. The predicted octanol–water partition coefficient (Wildman–Crippen LogP) is 4.94. The maximum Gasteiger partial charge on any atom is 0.123 e. The van der Waals surface area contributed by atoms with Crippen LogP contribution in [0, 0.1) is 12.7 Å². The average molecular weight is 271 g/mol. The van der Waals surface area contributed by atoms with Crippen LogP contribution >= 0.6 is 0 Å². The molecule has 0 aliphatic carbocycles. The summed E-state index contributed by atoms with van der Waals surface area (Å²) in [5.41, 5.74) is 3.53. The first-order valence-electron chi connectivity index (χ1n) is 7.18. The zero-order chi connectivity index (χ0) is 14.5. The van der Waals surface area contributed by atoms with Crippen LogP contribution in [0.15, 0.2) is 48.5 Å². The molecule has 2 rings (SSSR count). The van der Waals surface area contributed by atoms with Crippen molar-refractivity contribution in [3.63, 3.8) is 0 Å². The van der Waals surface area contributed by atoms with E-state index in [4.69, 9.17) is 0 Å².